The third-order valence-electron chi connectivity index (χ3n) is 4.92. The molecular formula is C22H27N3O2. The van der Waals surface area contributed by atoms with Gasteiger partial charge >= 0.3 is 0 Å². The maximum atomic E-state index is 12.2. The molecule has 1 N–H and O–H groups in total. The molecule has 0 saturated carbocycles. The third kappa shape index (κ3) is 6.01. The van der Waals surface area contributed by atoms with Crippen LogP contribution in [0, 0.1) is 0 Å². The highest BCUT2D eigenvalue weighted by Gasteiger charge is 2.17. The zero-order chi connectivity index (χ0) is 19.1. The average molecular weight is 365 g/mol. The molecule has 3 rings (SSSR count). The molecule has 142 valence electrons. The zero-order valence-corrected chi connectivity index (χ0v) is 15.9. The second kappa shape index (κ2) is 9.44. The summed E-state index contributed by atoms with van der Waals surface area (Å²) in [5.41, 5.74) is 2.64. The first-order chi connectivity index (χ1) is 13.1. The lowest BCUT2D eigenvalue weighted by molar-refractivity contribution is -0.116. The fraction of sp³-hybridized carbons (Fsp3) is 0.364. The highest BCUT2D eigenvalue weighted by Crippen LogP contribution is 2.12. The molecule has 2 aromatic carbocycles. The molecule has 2 aromatic rings. The molecule has 1 aliphatic heterocycles. The van der Waals surface area contributed by atoms with Crippen LogP contribution in [-0.2, 0) is 11.3 Å². The van der Waals surface area contributed by atoms with Crippen LogP contribution in [0.5, 0.6) is 0 Å². The van der Waals surface area contributed by atoms with E-state index in [9.17, 15) is 9.59 Å². The Hall–Kier alpha value is -2.50. The number of ketones is 1. The lowest BCUT2D eigenvalue weighted by Crippen LogP contribution is -2.46. The first kappa shape index (κ1) is 19.3. The Kier molecular flexibility index (Phi) is 6.74. The van der Waals surface area contributed by atoms with Crippen LogP contribution >= 0.6 is 0 Å². The number of benzene rings is 2. The Labute approximate surface area is 161 Å². The van der Waals surface area contributed by atoms with Gasteiger partial charge in [-0.3, -0.25) is 14.5 Å². The monoisotopic (exact) mass is 365 g/mol. The van der Waals surface area contributed by atoms with Crippen molar-refractivity contribution in [2.45, 2.75) is 19.9 Å². The smallest absolute Gasteiger partial charge is 0.225 e. The van der Waals surface area contributed by atoms with Crippen LogP contribution in [0.1, 0.15) is 29.3 Å². The molecule has 1 aliphatic rings. The van der Waals surface area contributed by atoms with E-state index in [0.717, 1.165) is 39.3 Å². The summed E-state index contributed by atoms with van der Waals surface area (Å²) in [7, 11) is 0. The van der Waals surface area contributed by atoms with E-state index in [4.69, 9.17) is 0 Å². The largest absolute Gasteiger partial charge is 0.326 e. The molecule has 1 fully saturated rings. The molecule has 0 unspecified atom stereocenters. The van der Waals surface area contributed by atoms with Crippen molar-refractivity contribution < 1.29 is 9.59 Å². The molecule has 0 aromatic heterocycles. The summed E-state index contributed by atoms with van der Waals surface area (Å²) < 4.78 is 0. The van der Waals surface area contributed by atoms with Crippen LogP contribution in [-0.4, -0.2) is 54.2 Å². The van der Waals surface area contributed by atoms with Crippen molar-refractivity contribution in [1.82, 2.24) is 9.80 Å². The lowest BCUT2D eigenvalue weighted by Gasteiger charge is -2.34. The third-order valence-corrected chi connectivity index (χ3v) is 4.92. The minimum Gasteiger partial charge on any atom is -0.326 e. The van der Waals surface area contributed by atoms with Gasteiger partial charge in [-0.1, -0.05) is 42.5 Å². The molecule has 0 bridgehead atoms. The van der Waals surface area contributed by atoms with E-state index in [1.807, 2.05) is 12.1 Å². The van der Waals surface area contributed by atoms with Crippen molar-refractivity contribution in [3.05, 3.63) is 65.7 Å². The Morgan fingerprint density at radius 2 is 1.63 bits per heavy atom. The summed E-state index contributed by atoms with van der Waals surface area (Å²) >= 11 is 0. The highest BCUT2D eigenvalue weighted by atomic mass is 16.1. The zero-order valence-electron chi connectivity index (χ0n) is 15.9. The van der Waals surface area contributed by atoms with E-state index < -0.39 is 0 Å². The molecule has 1 saturated heterocycles. The van der Waals surface area contributed by atoms with Crippen LogP contribution in [0.25, 0.3) is 0 Å². The van der Waals surface area contributed by atoms with Gasteiger partial charge in [0.05, 0.1) is 0 Å². The number of piperazine rings is 1. The number of hydrogen-bond donors (Lipinski definition) is 1. The Bertz CT molecular complexity index is 768. The van der Waals surface area contributed by atoms with Crippen LogP contribution in [0.3, 0.4) is 0 Å². The van der Waals surface area contributed by atoms with Gasteiger partial charge in [0, 0.05) is 56.9 Å². The number of hydrogen-bond acceptors (Lipinski definition) is 4. The SMILES string of the molecule is CC(=O)c1cccc(NC(=O)CCN2CCN(Cc3ccccc3)CC2)c1. The van der Waals surface area contributed by atoms with Gasteiger partial charge in [0.2, 0.25) is 5.91 Å². The average Bonchev–Trinajstić information content (AvgIpc) is 2.68. The number of carbonyl (C=O) groups is 2. The summed E-state index contributed by atoms with van der Waals surface area (Å²) in [5, 5.41) is 2.89. The molecule has 0 radical (unpaired) electrons. The normalized spacial score (nSPS) is 15.4. The first-order valence-corrected chi connectivity index (χ1v) is 9.49. The number of nitrogens with zero attached hydrogens (tertiary/aromatic N) is 2. The molecule has 0 aliphatic carbocycles. The Balaban J connectivity index is 1.39. The van der Waals surface area contributed by atoms with Crippen LogP contribution in [0.15, 0.2) is 54.6 Å². The van der Waals surface area contributed by atoms with Crippen LogP contribution in [0.4, 0.5) is 5.69 Å². The van der Waals surface area contributed by atoms with Crippen LogP contribution in [0.2, 0.25) is 0 Å². The molecular weight excluding hydrogens is 338 g/mol. The quantitative estimate of drug-likeness (QED) is 0.767. The summed E-state index contributed by atoms with van der Waals surface area (Å²) in [4.78, 5) is 28.4. The van der Waals surface area contributed by atoms with E-state index >= 15 is 0 Å². The summed E-state index contributed by atoms with van der Waals surface area (Å²) in [5.74, 6) is -0.0121. The molecule has 0 atom stereocenters. The predicted molar refractivity (Wildman–Crippen MR) is 108 cm³/mol. The molecule has 5 heteroatoms. The minimum absolute atomic E-state index is 0.000488. The Morgan fingerprint density at radius 1 is 0.926 bits per heavy atom. The van der Waals surface area contributed by atoms with E-state index in [1.165, 1.54) is 12.5 Å². The lowest BCUT2D eigenvalue weighted by atomic mass is 10.1. The van der Waals surface area contributed by atoms with Gasteiger partial charge in [-0.25, -0.2) is 0 Å². The van der Waals surface area contributed by atoms with Gasteiger partial charge < -0.3 is 10.2 Å². The van der Waals surface area contributed by atoms with Gasteiger partial charge in [-0.2, -0.15) is 0 Å². The van der Waals surface area contributed by atoms with Crippen molar-refractivity contribution in [2.75, 3.05) is 38.0 Å². The summed E-state index contributed by atoms with van der Waals surface area (Å²) in [6.45, 7) is 7.30. The van der Waals surface area contributed by atoms with Crippen LogP contribution < -0.4 is 5.32 Å². The predicted octanol–water partition coefficient (Wildman–Crippen LogP) is 3.04. The highest BCUT2D eigenvalue weighted by molar-refractivity contribution is 5.97. The molecule has 27 heavy (non-hydrogen) atoms. The second-order valence-corrected chi connectivity index (χ2v) is 7.04. The van der Waals surface area contributed by atoms with Crippen molar-refractivity contribution >= 4 is 17.4 Å². The molecule has 1 amide bonds. The fourth-order valence-electron chi connectivity index (χ4n) is 3.31. The molecule has 5 nitrogen and oxygen atoms in total. The summed E-state index contributed by atoms with van der Waals surface area (Å²) in [6.07, 6.45) is 0.461. The first-order valence-electron chi connectivity index (χ1n) is 9.49. The van der Waals surface area contributed by atoms with Gasteiger partial charge in [0.25, 0.3) is 0 Å². The van der Waals surface area contributed by atoms with E-state index in [-0.39, 0.29) is 11.7 Å². The number of rotatable bonds is 7. The van der Waals surface area contributed by atoms with Crippen molar-refractivity contribution in [3.8, 4) is 0 Å². The van der Waals surface area contributed by atoms with Gasteiger partial charge in [0.1, 0.15) is 0 Å². The standard InChI is InChI=1S/C22H27N3O2/c1-18(26)20-8-5-9-21(16-20)23-22(27)10-11-24-12-14-25(15-13-24)17-19-6-3-2-4-7-19/h2-9,16H,10-15,17H2,1H3,(H,23,27). The number of Topliss-reactive ketones (excluding diaryl/α,β-unsaturated/α-hetero) is 1. The van der Waals surface area contributed by atoms with E-state index in [2.05, 4.69) is 39.4 Å². The maximum absolute atomic E-state index is 12.2. The maximum Gasteiger partial charge on any atom is 0.225 e. The number of anilines is 1. The second-order valence-electron chi connectivity index (χ2n) is 7.04. The van der Waals surface area contributed by atoms with Gasteiger partial charge in [-0.15, -0.1) is 0 Å². The number of nitrogens with one attached hydrogen (secondary N) is 1. The molecule has 1 heterocycles. The molecule has 0 spiro atoms. The topological polar surface area (TPSA) is 52.7 Å². The van der Waals surface area contributed by atoms with Gasteiger partial charge in [-0.05, 0) is 24.6 Å². The van der Waals surface area contributed by atoms with Crippen molar-refractivity contribution in [3.63, 3.8) is 0 Å². The van der Waals surface area contributed by atoms with E-state index in [1.54, 1.807) is 18.2 Å². The Morgan fingerprint density at radius 3 is 2.33 bits per heavy atom. The fourth-order valence-corrected chi connectivity index (χ4v) is 3.31. The van der Waals surface area contributed by atoms with Gasteiger partial charge in [0.15, 0.2) is 5.78 Å². The minimum atomic E-state index is -0.0117. The van der Waals surface area contributed by atoms with E-state index in [0.29, 0.717) is 17.7 Å². The summed E-state index contributed by atoms with van der Waals surface area (Å²) in [6, 6.07) is 17.6. The number of carbonyl (C=O) groups excluding carboxylic acids is 2. The number of amides is 1. The van der Waals surface area contributed by atoms with Crippen molar-refractivity contribution in [2.24, 2.45) is 0 Å². The van der Waals surface area contributed by atoms with Crippen molar-refractivity contribution in [1.29, 1.82) is 0 Å².